The molecule has 51 heavy (non-hydrogen) atoms. The summed E-state index contributed by atoms with van der Waals surface area (Å²) in [6.45, 7) is 2.24. The molecule has 2 atom stereocenters. The molecule has 5 nitrogen and oxygen atoms in total. The highest BCUT2D eigenvalue weighted by molar-refractivity contribution is 5.83. The minimum Gasteiger partial charge on any atom is -0.311 e. The smallest absolute Gasteiger partial charge is 0.150 e. The summed E-state index contributed by atoms with van der Waals surface area (Å²) in [6, 6.07) is 47.2. The number of rotatable bonds is 14. The van der Waals surface area contributed by atoms with Crippen LogP contribution in [0, 0.1) is 0 Å². The normalized spacial score (nSPS) is 12.2. The molecule has 0 amide bonds. The Balaban J connectivity index is 1.20. The predicted molar refractivity (Wildman–Crippen MR) is 206 cm³/mol. The van der Waals surface area contributed by atoms with Crippen molar-refractivity contribution in [3.63, 3.8) is 0 Å². The Hall–Kier alpha value is -6.46. The van der Waals surface area contributed by atoms with Gasteiger partial charge in [-0.1, -0.05) is 104 Å². The lowest BCUT2D eigenvalue weighted by Gasteiger charge is -2.26. The first-order chi connectivity index (χ1) is 25.0. The van der Waals surface area contributed by atoms with E-state index < -0.39 is 0 Å². The van der Waals surface area contributed by atoms with Crippen molar-refractivity contribution in [2.45, 2.75) is 25.2 Å². The Kier molecular flexibility index (Phi) is 11.0. The van der Waals surface area contributed by atoms with Gasteiger partial charge >= 0.3 is 0 Å². The lowest BCUT2D eigenvalue weighted by atomic mass is 9.78. The minimum absolute atomic E-state index is 0.165. The molecule has 0 bridgehead atoms. The van der Waals surface area contributed by atoms with E-state index in [9.17, 15) is 19.2 Å². The Morgan fingerprint density at radius 2 is 0.725 bits per heavy atom. The van der Waals surface area contributed by atoms with Crippen molar-refractivity contribution < 1.29 is 19.2 Å². The monoisotopic (exact) mass is 667 g/mol. The van der Waals surface area contributed by atoms with Crippen molar-refractivity contribution in [1.82, 2.24) is 0 Å². The third-order valence-corrected chi connectivity index (χ3v) is 9.33. The van der Waals surface area contributed by atoms with Gasteiger partial charge in [-0.15, -0.1) is 0 Å². The van der Waals surface area contributed by atoms with Crippen LogP contribution in [0.4, 0.5) is 17.1 Å². The highest BCUT2D eigenvalue weighted by atomic mass is 16.1. The van der Waals surface area contributed by atoms with Crippen LogP contribution in [-0.4, -0.2) is 25.1 Å². The highest BCUT2D eigenvalue weighted by Gasteiger charge is 2.22. The second kappa shape index (κ2) is 16.3. The summed E-state index contributed by atoms with van der Waals surface area (Å²) in [5.41, 5.74) is 10.9. The fraction of sp³-hybridized carbons (Fsp3) is 0.0870. The molecule has 6 aromatic carbocycles. The third kappa shape index (κ3) is 8.41. The van der Waals surface area contributed by atoms with Crippen LogP contribution in [0.1, 0.15) is 88.0 Å². The molecular formula is C46H37NO4. The molecule has 0 fully saturated rings. The number of nitrogens with zero attached hydrogens (tertiary/aromatic N) is 1. The molecule has 6 rings (SSSR count). The molecule has 0 saturated carbocycles. The van der Waals surface area contributed by atoms with Gasteiger partial charge < -0.3 is 4.90 Å². The van der Waals surface area contributed by atoms with E-state index in [-0.39, 0.29) is 11.8 Å². The Morgan fingerprint density at radius 1 is 0.412 bits per heavy atom. The van der Waals surface area contributed by atoms with E-state index in [0.29, 0.717) is 22.3 Å². The third-order valence-electron chi connectivity index (χ3n) is 9.33. The zero-order valence-electron chi connectivity index (χ0n) is 28.3. The number of hydrogen-bond donors (Lipinski definition) is 0. The van der Waals surface area contributed by atoms with Crippen LogP contribution in [0.15, 0.2) is 146 Å². The lowest BCUT2D eigenvalue weighted by Crippen LogP contribution is -2.12. The summed E-state index contributed by atoms with van der Waals surface area (Å²) in [7, 11) is 0. The summed E-state index contributed by atoms with van der Waals surface area (Å²) >= 11 is 0. The van der Waals surface area contributed by atoms with Gasteiger partial charge in [0.2, 0.25) is 0 Å². The second-order valence-electron chi connectivity index (χ2n) is 12.6. The predicted octanol–water partition coefficient (Wildman–Crippen LogP) is 10.7. The molecule has 5 heteroatoms. The van der Waals surface area contributed by atoms with E-state index in [2.05, 4.69) is 72.5 Å². The average Bonchev–Trinajstić information content (AvgIpc) is 3.20. The van der Waals surface area contributed by atoms with Gasteiger partial charge in [0, 0.05) is 39.3 Å². The largest absolute Gasteiger partial charge is 0.311 e. The Labute approximate surface area is 298 Å². The number of carbonyl (C=O) groups is 4. The van der Waals surface area contributed by atoms with Crippen molar-refractivity contribution in [2.75, 3.05) is 4.90 Å². The van der Waals surface area contributed by atoms with Crippen LogP contribution >= 0.6 is 0 Å². The first-order valence-corrected chi connectivity index (χ1v) is 16.9. The molecule has 0 N–H and O–H groups in total. The molecule has 0 spiro atoms. The van der Waals surface area contributed by atoms with Crippen LogP contribution in [0.5, 0.6) is 0 Å². The van der Waals surface area contributed by atoms with E-state index in [1.807, 2.05) is 72.8 Å². The maximum absolute atomic E-state index is 11.3. The number of hydrogen-bond acceptors (Lipinski definition) is 5. The molecule has 0 saturated heterocycles. The maximum Gasteiger partial charge on any atom is 0.150 e. The van der Waals surface area contributed by atoms with E-state index in [1.165, 1.54) is 5.56 Å². The molecule has 0 aromatic heterocycles. The topological polar surface area (TPSA) is 71.5 Å². The zero-order valence-corrected chi connectivity index (χ0v) is 28.3. The highest BCUT2D eigenvalue weighted by Crippen LogP contribution is 2.37. The summed E-state index contributed by atoms with van der Waals surface area (Å²) in [4.78, 5) is 47.1. The quantitative estimate of drug-likeness (QED) is 0.0854. The van der Waals surface area contributed by atoms with E-state index >= 15 is 0 Å². The fourth-order valence-electron chi connectivity index (χ4n) is 6.31. The van der Waals surface area contributed by atoms with Gasteiger partial charge in [-0.2, -0.15) is 0 Å². The van der Waals surface area contributed by atoms with E-state index in [4.69, 9.17) is 0 Å². The summed E-state index contributed by atoms with van der Waals surface area (Å²) in [5.74, 6) is 0.355. The molecule has 0 aliphatic heterocycles. The Bertz CT molecular complexity index is 2060. The average molecular weight is 668 g/mol. The van der Waals surface area contributed by atoms with E-state index in [0.717, 1.165) is 70.9 Å². The van der Waals surface area contributed by atoms with Crippen LogP contribution in [0.2, 0.25) is 0 Å². The lowest BCUT2D eigenvalue weighted by molar-refractivity contribution is 0.111. The van der Waals surface area contributed by atoms with Gasteiger partial charge in [0.1, 0.15) is 25.1 Å². The first-order valence-electron chi connectivity index (χ1n) is 16.9. The number of aldehydes is 4. The van der Waals surface area contributed by atoms with Gasteiger partial charge in [0.05, 0.1) is 0 Å². The van der Waals surface area contributed by atoms with Gasteiger partial charge in [-0.3, -0.25) is 19.2 Å². The molecule has 0 heterocycles. The van der Waals surface area contributed by atoms with Crippen LogP contribution < -0.4 is 4.90 Å². The number of carbonyl (C=O) groups excluding carboxylic acids is 4. The molecule has 0 radical (unpaired) electrons. The van der Waals surface area contributed by atoms with Crippen molar-refractivity contribution >= 4 is 54.4 Å². The van der Waals surface area contributed by atoms with Crippen molar-refractivity contribution in [3.05, 3.63) is 196 Å². The van der Waals surface area contributed by atoms with Crippen molar-refractivity contribution in [3.8, 4) is 0 Å². The molecule has 6 aromatic rings. The summed E-state index contributed by atoms with van der Waals surface area (Å²) in [6.07, 6.45) is 8.36. The molecule has 2 unspecified atom stereocenters. The van der Waals surface area contributed by atoms with Crippen molar-refractivity contribution in [2.24, 2.45) is 0 Å². The SMILES string of the molecule is CC(c1ccc(/C=C\c2ccc(N(c3ccc(C=O)cc3)c3ccc(C=O)cc3)cc2)cc1)C(Cc1ccc(C=O)cc1)c1ccc(C=O)cc1. The zero-order chi connectivity index (χ0) is 35.6. The summed E-state index contributed by atoms with van der Waals surface area (Å²) < 4.78 is 0. The minimum atomic E-state index is 0.165. The number of anilines is 3. The van der Waals surface area contributed by atoms with E-state index in [1.54, 1.807) is 24.3 Å². The van der Waals surface area contributed by atoms with Crippen LogP contribution in [0.3, 0.4) is 0 Å². The standard InChI is InChI=1S/C46H37NO4/c1-33(46(42-20-10-38(30-49)11-21-42)28-36-4-6-37(29-48)7-5-36)41-18-8-34(9-19-41)2-3-35-12-22-43(23-13-35)47(44-24-14-39(31-50)15-25-44)45-26-16-40(32-51)17-27-45/h2-27,29-33,46H,28H2,1H3/b3-2-. The first kappa shape index (κ1) is 34.4. The van der Waals surface area contributed by atoms with Crippen LogP contribution in [0.25, 0.3) is 12.2 Å². The summed E-state index contributed by atoms with van der Waals surface area (Å²) in [5, 5.41) is 0. The molecular weight excluding hydrogens is 631 g/mol. The Morgan fingerprint density at radius 3 is 1.12 bits per heavy atom. The second-order valence-corrected chi connectivity index (χ2v) is 12.6. The molecule has 0 aliphatic rings. The number of benzene rings is 6. The van der Waals surface area contributed by atoms with Crippen molar-refractivity contribution in [1.29, 1.82) is 0 Å². The fourth-order valence-corrected chi connectivity index (χ4v) is 6.31. The van der Waals surface area contributed by atoms with Crippen LogP contribution in [-0.2, 0) is 6.42 Å². The molecule has 0 aliphatic carbocycles. The van der Waals surface area contributed by atoms with Gasteiger partial charge in [0.15, 0.2) is 0 Å². The maximum atomic E-state index is 11.3. The van der Waals surface area contributed by atoms with Gasteiger partial charge in [0.25, 0.3) is 0 Å². The molecule has 250 valence electrons. The van der Waals surface area contributed by atoms with Gasteiger partial charge in [-0.25, -0.2) is 0 Å². The van der Waals surface area contributed by atoms with Gasteiger partial charge in [-0.05, 0) is 107 Å².